The number of nitrogens with one attached hydrogen (secondary N) is 1. The summed E-state index contributed by atoms with van der Waals surface area (Å²) < 4.78 is 6.15. The van der Waals surface area contributed by atoms with E-state index in [1.165, 1.54) is 5.56 Å². The van der Waals surface area contributed by atoms with Gasteiger partial charge in [-0.25, -0.2) is 0 Å². The number of fused-ring (bicyclic) bond motifs is 1. The van der Waals surface area contributed by atoms with E-state index in [9.17, 15) is 4.79 Å². The van der Waals surface area contributed by atoms with Crippen LogP contribution in [0.3, 0.4) is 0 Å². The summed E-state index contributed by atoms with van der Waals surface area (Å²) in [6, 6.07) is 8.59. The molecule has 0 spiro atoms. The third-order valence-electron chi connectivity index (χ3n) is 5.19. The monoisotopic (exact) mass is 334 g/mol. The lowest BCUT2D eigenvalue weighted by molar-refractivity contribution is -0.169. The second kappa shape index (κ2) is 6.42. The molecule has 4 rings (SSSR count). The van der Waals surface area contributed by atoms with Crippen molar-refractivity contribution < 1.29 is 9.53 Å². The van der Waals surface area contributed by atoms with Gasteiger partial charge < -0.3 is 10.1 Å². The Morgan fingerprint density at radius 1 is 1.30 bits per heavy atom. The Morgan fingerprint density at radius 3 is 2.91 bits per heavy atom. The Labute approximate surface area is 142 Å². The maximum atomic E-state index is 11.7. The first-order valence-corrected chi connectivity index (χ1v) is 8.98. The first-order chi connectivity index (χ1) is 11.2. The largest absolute Gasteiger partial charge is 0.370 e. The number of carbonyl (C=O) groups excluding carboxylic acids is 1. The van der Waals surface area contributed by atoms with Crippen LogP contribution in [-0.4, -0.2) is 42.1 Å². The maximum absolute atomic E-state index is 11.7. The van der Waals surface area contributed by atoms with Crippen molar-refractivity contribution in [3.63, 3.8) is 0 Å². The van der Waals surface area contributed by atoms with Crippen LogP contribution in [0.5, 0.6) is 0 Å². The highest BCUT2D eigenvalue weighted by Crippen LogP contribution is 2.34. The van der Waals surface area contributed by atoms with Gasteiger partial charge >= 0.3 is 0 Å². The van der Waals surface area contributed by atoms with Crippen LogP contribution in [0.25, 0.3) is 0 Å². The minimum atomic E-state index is 0.187. The van der Waals surface area contributed by atoms with Crippen molar-refractivity contribution in [3.05, 3.63) is 34.9 Å². The molecule has 3 fully saturated rings. The summed E-state index contributed by atoms with van der Waals surface area (Å²) in [6.07, 6.45) is 4.80. The minimum Gasteiger partial charge on any atom is -0.370 e. The molecule has 3 atom stereocenters. The summed E-state index contributed by atoms with van der Waals surface area (Å²) in [5.74, 6) is 0.496. The van der Waals surface area contributed by atoms with Gasteiger partial charge in [-0.05, 0) is 43.4 Å². The smallest absolute Gasteiger partial charge is 0.223 e. The van der Waals surface area contributed by atoms with Crippen molar-refractivity contribution in [2.75, 3.05) is 13.1 Å². The summed E-state index contributed by atoms with van der Waals surface area (Å²) in [5, 5.41) is 3.84. The SMILES string of the molecule is O=C(NC[C@@H]1CC[C@@H]2[C@@H](CN2Cc2cccc(Cl)c2)O1)C1CC1. The van der Waals surface area contributed by atoms with E-state index in [2.05, 4.69) is 16.3 Å². The van der Waals surface area contributed by atoms with Crippen LogP contribution in [0, 0.1) is 5.92 Å². The fraction of sp³-hybridized carbons (Fsp3) is 0.611. The van der Waals surface area contributed by atoms with E-state index in [1.54, 1.807) is 0 Å². The van der Waals surface area contributed by atoms with Crippen LogP contribution < -0.4 is 5.32 Å². The van der Waals surface area contributed by atoms with Gasteiger partial charge in [-0.2, -0.15) is 0 Å². The van der Waals surface area contributed by atoms with Crippen LogP contribution in [0.15, 0.2) is 24.3 Å². The Bertz CT molecular complexity index is 590. The van der Waals surface area contributed by atoms with Crippen LogP contribution >= 0.6 is 11.6 Å². The van der Waals surface area contributed by atoms with Crippen LogP contribution in [-0.2, 0) is 16.1 Å². The number of likely N-dealkylation sites (tertiary alicyclic amines) is 1. The molecule has 1 saturated carbocycles. The predicted molar refractivity (Wildman–Crippen MR) is 89.3 cm³/mol. The van der Waals surface area contributed by atoms with Gasteiger partial charge in [-0.15, -0.1) is 0 Å². The summed E-state index contributed by atoms with van der Waals surface area (Å²) in [5.41, 5.74) is 1.26. The standard InChI is InChI=1S/C18H23ClN2O2/c19-14-3-1-2-12(8-14)10-21-11-17-16(21)7-6-15(23-17)9-20-18(22)13-4-5-13/h1-3,8,13,15-17H,4-7,9-11H2,(H,20,22)/t15-,16+,17+/m0/s1. The van der Waals surface area contributed by atoms with E-state index in [4.69, 9.17) is 16.3 Å². The zero-order valence-electron chi connectivity index (χ0n) is 13.2. The third kappa shape index (κ3) is 3.54. The number of rotatable bonds is 5. The van der Waals surface area contributed by atoms with Crippen molar-refractivity contribution in [3.8, 4) is 0 Å². The molecule has 0 aromatic heterocycles. The summed E-state index contributed by atoms with van der Waals surface area (Å²) >= 11 is 6.06. The third-order valence-corrected chi connectivity index (χ3v) is 5.43. The molecule has 23 heavy (non-hydrogen) atoms. The Balaban J connectivity index is 1.23. The van der Waals surface area contributed by atoms with Gasteiger partial charge in [-0.1, -0.05) is 23.7 Å². The molecule has 0 bridgehead atoms. The molecule has 1 aliphatic carbocycles. The van der Waals surface area contributed by atoms with E-state index in [0.717, 1.165) is 43.8 Å². The Hall–Kier alpha value is -1.10. The van der Waals surface area contributed by atoms with Crippen molar-refractivity contribution in [1.29, 1.82) is 0 Å². The average Bonchev–Trinajstić information content (AvgIpc) is 3.35. The van der Waals surface area contributed by atoms with Gasteiger partial charge in [-0.3, -0.25) is 9.69 Å². The highest BCUT2D eigenvalue weighted by molar-refractivity contribution is 6.30. The number of ether oxygens (including phenoxy) is 1. The minimum absolute atomic E-state index is 0.187. The molecular weight excluding hydrogens is 312 g/mol. The number of nitrogens with zero attached hydrogens (tertiary/aromatic N) is 1. The van der Waals surface area contributed by atoms with Gasteiger partial charge in [0.15, 0.2) is 0 Å². The second-order valence-electron chi connectivity index (χ2n) is 7.02. The topological polar surface area (TPSA) is 41.6 Å². The molecule has 1 aromatic carbocycles. The van der Waals surface area contributed by atoms with Crippen molar-refractivity contribution >= 4 is 17.5 Å². The molecule has 0 radical (unpaired) electrons. The molecule has 2 aliphatic heterocycles. The molecule has 5 heteroatoms. The normalized spacial score (nSPS) is 30.4. The summed E-state index contributed by atoms with van der Waals surface area (Å²) in [7, 11) is 0. The average molecular weight is 335 g/mol. The van der Waals surface area contributed by atoms with Gasteiger partial charge in [0.25, 0.3) is 0 Å². The highest BCUT2D eigenvalue weighted by Gasteiger charge is 2.44. The van der Waals surface area contributed by atoms with Crippen molar-refractivity contribution in [2.45, 2.75) is 50.5 Å². The zero-order chi connectivity index (χ0) is 15.8. The lowest BCUT2D eigenvalue weighted by Crippen LogP contribution is -2.64. The van der Waals surface area contributed by atoms with Crippen molar-refractivity contribution in [2.24, 2.45) is 5.92 Å². The number of benzene rings is 1. The molecule has 1 amide bonds. The summed E-state index contributed by atoms with van der Waals surface area (Å²) in [4.78, 5) is 14.2. The molecule has 124 valence electrons. The molecular formula is C18H23ClN2O2. The van der Waals surface area contributed by atoms with E-state index >= 15 is 0 Å². The van der Waals surface area contributed by atoms with Crippen LogP contribution in [0.1, 0.15) is 31.2 Å². The van der Waals surface area contributed by atoms with Gasteiger partial charge in [0.05, 0.1) is 12.2 Å². The molecule has 2 heterocycles. The zero-order valence-corrected chi connectivity index (χ0v) is 14.0. The van der Waals surface area contributed by atoms with E-state index < -0.39 is 0 Å². The number of halogens is 1. The highest BCUT2D eigenvalue weighted by atomic mass is 35.5. The molecule has 1 aromatic rings. The van der Waals surface area contributed by atoms with Crippen LogP contribution in [0.2, 0.25) is 5.02 Å². The second-order valence-corrected chi connectivity index (χ2v) is 7.46. The summed E-state index contributed by atoms with van der Waals surface area (Å²) in [6.45, 7) is 2.59. The fourth-order valence-corrected chi connectivity index (χ4v) is 3.88. The quantitative estimate of drug-likeness (QED) is 0.900. The fourth-order valence-electron chi connectivity index (χ4n) is 3.67. The Morgan fingerprint density at radius 2 is 2.17 bits per heavy atom. The van der Waals surface area contributed by atoms with Crippen LogP contribution in [0.4, 0.5) is 0 Å². The van der Waals surface area contributed by atoms with E-state index in [0.29, 0.717) is 18.7 Å². The molecule has 0 unspecified atom stereocenters. The van der Waals surface area contributed by atoms with E-state index in [1.807, 2.05) is 18.2 Å². The number of hydrogen-bond donors (Lipinski definition) is 1. The Kier molecular flexibility index (Phi) is 4.31. The van der Waals surface area contributed by atoms with Gasteiger partial charge in [0, 0.05) is 36.6 Å². The van der Waals surface area contributed by atoms with Gasteiger partial charge in [0.2, 0.25) is 5.91 Å². The molecule has 3 aliphatic rings. The number of hydrogen-bond acceptors (Lipinski definition) is 3. The first-order valence-electron chi connectivity index (χ1n) is 8.61. The predicted octanol–water partition coefficient (Wildman–Crippen LogP) is 2.60. The number of amides is 1. The number of carbonyl (C=O) groups is 1. The maximum Gasteiger partial charge on any atom is 0.223 e. The first kappa shape index (κ1) is 15.4. The lowest BCUT2D eigenvalue weighted by atomic mass is 9.89. The molecule has 4 nitrogen and oxygen atoms in total. The van der Waals surface area contributed by atoms with Gasteiger partial charge in [0.1, 0.15) is 0 Å². The molecule has 2 saturated heterocycles. The van der Waals surface area contributed by atoms with Crippen molar-refractivity contribution in [1.82, 2.24) is 10.2 Å². The van der Waals surface area contributed by atoms with E-state index in [-0.39, 0.29) is 17.9 Å². The lowest BCUT2D eigenvalue weighted by Gasteiger charge is -2.52. The molecule has 1 N–H and O–H groups in total.